The maximum Gasteiger partial charge on any atom is 0.336 e. The van der Waals surface area contributed by atoms with Crippen molar-refractivity contribution < 1.29 is 18.0 Å². The van der Waals surface area contributed by atoms with Crippen LogP contribution in [0.1, 0.15) is 0 Å². The van der Waals surface area contributed by atoms with Crippen molar-refractivity contribution >= 4 is 28.4 Å². The number of nitrogens with one attached hydrogen (secondary N) is 2. The zero-order valence-electron chi connectivity index (χ0n) is 11.6. The van der Waals surface area contributed by atoms with E-state index in [1.165, 1.54) is 18.2 Å². The molecule has 0 atom stereocenters. The van der Waals surface area contributed by atoms with Gasteiger partial charge in [-0.2, -0.15) is 0 Å². The fourth-order valence-electron chi connectivity index (χ4n) is 2.03. The van der Waals surface area contributed by atoms with Crippen molar-refractivity contribution in [3.8, 4) is 0 Å². The van der Waals surface area contributed by atoms with Gasteiger partial charge in [-0.05, 0) is 36.4 Å². The Bertz CT molecular complexity index is 953. The summed E-state index contributed by atoms with van der Waals surface area (Å²) in [6.07, 6.45) is 0. The van der Waals surface area contributed by atoms with Gasteiger partial charge in [0.05, 0.1) is 5.69 Å². The highest BCUT2D eigenvalue weighted by Gasteiger charge is 2.08. The molecule has 23 heavy (non-hydrogen) atoms. The third-order valence-corrected chi connectivity index (χ3v) is 3.06. The average molecular weight is 316 g/mol. The minimum atomic E-state index is -0.875. The molecule has 0 radical (unpaired) electrons. The third kappa shape index (κ3) is 3.34. The van der Waals surface area contributed by atoms with Crippen molar-refractivity contribution in [3.05, 3.63) is 70.6 Å². The SMILES string of the molecule is O=C(Nc1ccc2oc(=O)ccc2c1)Nc1ccc(F)cc1F. The summed E-state index contributed by atoms with van der Waals surface area (Å²) in [5.74, 6) is -1.61. The number of urea groups is 1. The summed E-state index contributed by atoms with van der Waals surface area (Å²) in [7, 11) is 0. The summed E-state index contributed by atoms with van der Waals surface area (Å²) in [6.45, 7) is 0. The molecule has 0 bridgehead atoms. The number of hydrogen-bond donors (Lipinski definition) is 2. The fraction of sp³-hybridized carbons (Fsp3) is 0. The Kier molecular flexibility index (Phi) is 3.76. The van der Waals surface area contributed by atoms with Crippen LogP contribution in [0.15, 0.2) is 57.7 Å². The van der Waals surface area contributed by atoms with Gasteiger partial charge in [-0.15, -0.1) is 0 Å². The normalized spacial score (nSPS) is 10.5. The highest BCUT2D eigenvalue weighted by molar-refractivity contribution is 6.00. The van der Waals surface area contributed by atoms with Crippen LogP contribution < -0.4 is 16.3 Å². The Balaban J connectivity index is 1.77. The number of carbonyl (C=O) groups is 1. The largest absolute Gasteiger partial charge is 0.423 e. The van der Waals surface area contributed by atoms with Gasteiger partial charge in [-0.1, -0.05) is 0 Å². The summed E-state index contributed by atoms with van der Waals surface area (Å²) in [5, 5.41) is 5.41. The monoisotopic (exact) mass is 316 g/mol. The van der Waals surface area contributed by atoms with Crippen LogP contribution in [0.4, 0.5) is 25.0 Å². The summed E-state index contributed by atoms with van der Waals surface area (Å²) in [6, 6.07) is 9.63. The molecular weight excluding hydrogens is 306 g/mol. The number of anilines is 2. The van der Waals surface area contributed by atoms with Gasteiger partial charge in [0.1, 0.15) is 17.2 Å². The molecule has 2 N–H and O–H groups in total. The second-order valence-corrected chi connectivity index (χ2v) is 4.71. The molecule has 1 heterocycles. The molecule has 1 aromatic heterocycles. The Morgan fingerprint density at radius 1 is 0.957 bits per heavy atom. The van der Waals surface area contributed by atoms with E-state index in [-0.39, 0.29) is 5.69 Å². The topological polar surface area (TPSA) is 71.3 Å². The van der Waals surface area contributed by atoms with Crippen molar-refractivity contribution in [1.82, 2.24) is 0 Å². The second-order valence-electron chi connectivity index (χ2n) is 4.71. The van der Waals surface area contributed by atoms with Gasteiger partial charge in [0.15, 0.2) is 0 Å². The number of rotatable bonds is 2. The summed E-state index contributed by atoms with van der Waals surface area (Å²) < 4.78 is 31.3. The number of halogens is 2. The Morgan fingerprint density at radius 3 is 2.57 bits per heavy atom. The smallest absolute Gasteiger partial charge is 0.336 e. The van der Waals surface area contributed by atoms with Crippen molar-refractivity contribution in [3.63, 3.8) is 0 Å². The van der Waals surface area contributed by atoms with E-state index in [2.05, 4.69) is 10.6 Å². The van der Waals surface area contributed by atoms with Gasteiger partial charge < -0.3 is 15.1 Å². The maximum atomic E-state index is 13.5. The zero-order valence-corrected chi connectivity index (χ0v) is 11.6. The first-order valence-electron chi connectivity index (χ1n) is 6.58. The van der Waals surface area contributed by atoms with Crippen molar-refractivity contribution in [2.75, 3.05) is 10.6 Å². The lowest BCUT2D eigenvalue weighted by molar-refractivity contribution is 0.262. The molecule has 3 rings (SSSR count). The predicted octanol–water partition coefficient (Wildman–Crippen LogP) is 3.72. The minimum Gasteiger partial charge on any atom is -0.423 e. The summed E-state index contributed by atoms with van der Waals surface area (Å²) >= 11 is 0. The summed E-state index contributed by atoms with van der Waals surface area (Å²) in [5.41, 5.74) is 0.192. The van der Waals surface area contributed by atoms with Crippen LogP contribution in [0, 0.1) is 11.6 Å². The summed E-state index contributed by atoms with van der Waals surface area (Å²) in [4.78, 5) is 22.9. The van der Waals surface area contributed by atoms with E-state index in [9.17, 15) is 18.4 Å². The predicted molar refractivity (Wildman–Crippen MR) is 81.5 cm³/mol. The van der Waals surface area contributed by atoms with Gasteiger partial charge in [-0.25, -0.2) is 18.4 Å². The van der Waals surface area contributed by atoms with E-state index >= 15 is 0 Å². The Labute approximate surface area is 128 Å². The van der Waals surface area contributed by atoms with Crippen molar-refractivity contribution in [2.24, 2.45) is 0 Å². The lowest BCUT2D eigenvalue weighted by Gasteiger charge is -2.09. The lowest BCUT2D eigenvalue weighted by atomic mass is 10.2. The van der Waals surface area contributed by atoms with E-state index in [4.69, 9.17) is 4.42 Å². The van der Waals surface area contributed by atoms with E-state index in [0.29, 0.717) is 22.7 Å². The molecule has 7 heteroatoms. The van der Waals surface area contributed by atoms with E-state index < -0.39 is 23.3 Å². The quantitative estimate of drug-likeness (QED) is 0.708. The second kappa shape index (κ2) is 5.88. The zero-order chi connectivity index (χ0) is 16.4. The number of fused-ring (bicyclic) bond motifs is 1. The molecule has 2 amide bonds. The van der Waals surface area contributed by atoms with Gasteiger partial charge in [0.25, 0.3) is 0 Å². The Hall–Kier alpha value is -3.22. The van der Waals surface area contributed by atoms with E-state index in [0.717, 1.165) is 12.1 Å². The van der Waals surface area contributed by atoms with Crippen LogP contribution >= 0.6 is 0 Å². The molecule has 3 aromatic rings. The van der Waals surface area contributed by atoms with Crippen LogP contribution in [0.5, 0.6) is 0 Å². The fourth-order valence-corrected chi connectivity index (χ4v) is 2.03. The number of carbonyl (C=O) groups excluding carboxylic acids is 1. The molecular formula is C16H10F2N2O3. The maximum absolute atomic E-state index is 13.5. The molecule has 0 saturated heterocycles. The molecule has 0 unspecified atom stereocenters. The van der Waals surface area contributed by atoms with Crippen LogP contribution in [-0.4, -0.2) is 6.03 Å². The molecule has 0 aliphatic carbocycles. The Morgan fingerprint density at radius 2 is 1.78 bits per heavy atom. The van der Waals surface area contributed by atoms with E-state index in [1.54, 1.807) is 12.1 Å². The van der Waals surface area contributed by atoms with Crippen LogP contribution in [0.3, 0.4) is 0 Å². The van der Waals surface area contributed by atoms with Gasteiger partial charge in [0.2, 0.25) is 0 Å². The van der Waals surface area contributed by atoms with Gasteiger partial charge in [-0.3, -0.25) is 0 Å². The van der Waals surface area contributed by atoms with Crippen LogP contribution in [-0.2, 0) is 0 Å². The first kappa shape index (κ1) is 14.7. The van der Waals surface area contributed by atoms with Crippen LogP contribution in [0.25, 0.3) is 11.0 Å². The first-order chi connectivity index (χ1) is 11.0. The van der Waals surface area contributed by atoms with E-state index in [1.807, 2.05) is 0 Å². The van der Waals surface area contributed by atoms with Gasteiger partial charge >= 0.3 is 11.7 Å². The number of benzene rings is 2. The van der Waals surface area contributed by atoms with Crippen molar-refractivity contribution in [1.29, 1.82) is 0 Å². The molecule has 0 fully saturated rings. The standard InChI is InChI=1S/C16H10F2N2O3/c17-10-2-4-13(12(18)8-10)20-16(22)19-11-3-5-14-9(7-11)1-6-15(21)23-14/h1-8H,(H2,19,20,22). The highest BCUT2D eigenvalue weighted by atomic mass is 19.1. The molecule has 0 spiro atoms. The highest BCUT2D eigenvalue weighted by Crippen LogP contribution is 2.19. The molecule has 0 aliphatic rings. The molecule has 5 nitrogen and oxygen atoms in total. The molecule has 0 saturated carbocycles. The van der Waals surface area contributed by atoms with Crippen molar-refractivity contribution in [2.45, 2.75) is 0 Å². The van der Waals surface area contributed by atoms with Gasteiger partial charge in [0, 0.05) is 23.2 Å². The van der Waals surface area contributed by atoms with Crippen LogP contribution in [0.2, 0.25) is 0 Å². The molecule has 116 valence electrons. The number of amides is 2. The minimum absolute atomic E-state index is 0.143. The average Bonchev–Trinajstić information content (AvgIpc) is 2.50. The first-order valence-corrected chi connectivity index (χ1v) is 6.58. The molecule has 0 aliphatic heterocycles. The molecule has 2 aromatic carbocycles. The third-order valence-electron chi connectivity index (χ3n) is 3.06. The lowest BCUT2D eigenvalue weighted by Crippen LogP contribution is -2.20. The number of hydrogen-bond acceptors (Lipinski definition) is 3.